The molecule has 1 aliphatic rings. The summed E-state index contributed by atoms with van der Waals surface area (Å²) in [5, 5.41) is 16.8. The zero-order valence-electron chi connectivity index (χ0n) is 17.1. The van der Waals surface area contributed by atoms with Crippen molar-refractivity contribution in [1.29, 1.82) is 0 Å². The lowest BCUT2D eigenvalue weighted by Crippen LogP contribution is -2.35. The number of nitrogens with one attached hydrogen (secondary N) is 1. The van der Waals surface area contributed by atoms with E-state index in [0.717, 1.165) is 43.6 Å². The fraction of sp³-hybridized carbons (Fsp3) is 0.333. The van der Waals surface area contributed by atoms with Gasteiger partial charge in [0.15, 0.2) is 0 Å². The highest BCUT2D eigenvalue weighted by Crippen LogP contribution is 2.14. The fourth-order valence-electron chi connectivity index (χ4n) is 3.73. The highest BCUT2D eigenvalue weighted by molar-refractivity contribution is 5.94. The number of aliphatic hydroxyl groups excluding tert-OH is 1. The van der Waals surface area contributed by atoms with Gasteiger partial charge < -0.3 is 10.4 Å². The minimum absolute atomic E-state index is 0.0726. The van der Waals surface area contributed by atoms with E-state index in [-0.39, 0.29) is 12.0 Å². The quantitative estimate of drug-likeness (QED) is 0.635. The Kier molecular flexibility index (Phi) is 6.57. The number of amides is 1. The highest BCUT2D eigenvalue weighted by atomic mass is 16.3. The monoisotopic (exact) mass is 404 g/mol. The van der Waals surface area contributed by atoms with Crippen LogP contribution in [0.3, 0.4) is 0 Å². The topological polar surface area (TPSA) is 70.4 Å². The first-order valence-electron chi connectivity index (χ1n) is 10.5. The zero-order chi connectivity index (χ0) is 20.8. The molecule has 6 heteroatoms. The van der Waals surface area contributed by atoms with Gasteiger partial charge in [-0.1, -0.05) is 36.4 Å². The van der Waals surface area contributed by atoms with Crippen molar-refractivity contribution < 1.29 is 9.90 Å². The van der Waals surface area contributed by atoms with E-state index < -0.39 is 0 Å². The van der Waals surface area contributed by atoms with E-state index in [0.29, 0.717) is 18.7 Å². The molecule has 2 aromatic carbocycles. The average molecular weight is 405 g/mol. The summed E-state index contributed by atoms with van der Waals surface area (Å²) < 4.78 is 1.85. The maximum atomic E-state index is 12.4. The van der Waals surface area contributed by atoms with E-state index in [4.69, 9.17) is 0 Å². The van der Waals surface area contributed by atoms with Gasteiger partial charge in [-0.25, -0.2) is 0 Å². The number of aliphatic hydroxyl groups is 1. The maximum Gasteiger partial charge on any atom is 0.251 e. The van der Waals surface area contributed by atoms with Crippen molar-refractivity contribution in [3.63, 3.8) is 0 Å². The molecule has 2 N–H and O–H groups in total. The maximum absolute atomic E-state index is 12.4. The zero-order valence-corrected chi connectivity index (χ0v) is 17.1. The van der Waals surface area contributed by atoms with Crippen molar-refractivity contribution in [1.82, 2.24) is 20.0 Å². The molecule has 1 fully saturated rings. The van der Waals surface area contributed by atoms with Crippen molar-refractivity contribution in [3.05, 3.63) is 89.2 Å². The molecule has 6 nitrogen and oxygen atoms in total. The number of benzene rings is 2. The molecule has 3 aromatic rings. The number of nitrogens with zero attached hydrogens (tertiary/aromatic N) is 3. The number of hydrogen-bond donors (Lipinski definition) is 2. The van der Waals surface area contributed by atoms with Gasteiger partial charge in [-0.3, -0.25) is 14.4 Å². The van der Waals surface area contributed by atoms with Crippen LogP contribution in [-0.2, 0) is 19.6 Å². The third-order valence-electron chi connectivity index (χ3n) is 5.56. The number of carbonyl (C=O) groups excluding carboxylic acids is 1. The Balaban J connectivity index is 1.25. The van der Waals surface area contributed by atoms with Crippen LogP contribution in [0.5, 0.6) is 0 Å². The van der Waals surface area contributed by atoms with E-state index in [1.165, 1.54) is 5.56 Å². The molecular formula is C24H28N4O2. The predicted molar refractivity (Wildman–Crippen MR) is 116 cm³/mol. The number of carbonyl (C=O) groups is 1. The summed E-state index contributed by atoms with van der Waals surface area (Å²) in [5.41, 5.74) is 4.10. The van der Waals surface area contributed by atoms with E-state index in [1.54, 1.807) is 6.20 Å². The van der Waals surface area contributed by atoms with Crippen LogP contribution in [0, 0.1) is 0 Å². The van der Waals surface area contributed by atoms with Gasteiger partial charge in [0, 0.05) is 44.1 Å². The van der Waals surface area contributed by atoms with E-state index >= 15 is 0 Å². The van der Waals surface area contributed by atoms with Gasteiger partial charge >= 0.3 is 0 Å². The minimum Gasteiger partial charge on any atom is -0.393 e. The van der Waals surface area contributed by atoms with Crippen molar-refractivity contribution in [2.75, 3.05) is 13.1 Å². The summed E-state index contributed by atoms with van der Waals surface area (Å²) >= 11 is 0. The number of piperidine rings is 1. The Morgan fingerprint density at radius 2 is 1.60 bits per heavy atom. The van der Waals surface area contributed by atoms with Crippen LogP contribution in [0.4, 0.5) is 0 Å². The van der Waals surface area contributed by atoms with Gasteiger partial charge in [0.2, 0.25) is 0 Å². The first-order valence-corrected chi connectivity index (χ1v) is 10.5. The molecule has 1 aromatic heterocycles. The van der Waals surface area contributed by atoms with Crippen LogP contribution in [0.15, 0.2) is 67.0 Å². The SMILES string of the molecule is O=C(NCc1ccc(CN2CCC(O)CC2)cc1)c1ccc(Cn2cccn2)cc1. The van der Waals surface area contributed by atoms with Crippen LogP contribution in [-0.4, -0.2) is 44.9 Å². The molecule has 156 valence electrons. The van der Waals surface area contributed by atoms with Crippen LogP contribution in [0.1, 0.15) is 39.9 Å². The van der Waals surface area contributed by atoms with Gasteiger partial charge in [0.25, 0.3) is 5.91 Å². The van der Waals surface area contributed by atoms with Gasteiger partial charge in [-0.05, 0) is 47.7 Å². The molecule has 2 heterocycles. The fourth-order valence-corrected chi connectivity index (χ4v) is 3.73. The molecule has 0 bridgehead atoms. The van der Waals surface area contributed by atoms with E-state index in [2.05, 4.69) is 39.6 Å². The molecule has 1 saturated heterocycles. The Hall–Kier alpha value is -2.96. The number of hydrogen-bond acceptors (Lipinski definition) is 4. The third kappa shape index (κ3) is 5.55. The second kappa shape index (κ2) is 9.69. The lowest BCUT2D eigenvalue weighted by atomic mass is 10.1. The summed E-state index contributed by atoms with van der Waals surface area (Å²) in [6, 6.07) is 17.9. The van der Waals surface area contributed by atoms with Crippen molar-refractivity contribution in [2.45, 2.75) is 38.6 Å². The molecule has 1 aliphatic heterocycles. The largest absolute Gasteiger partial charge is 0.393 e. The third-order valence-corrected chi connectivity index (χ3v) is 5.56. The normalized spacial score (nSPS) is 15.2. The Bertz CT molecular complexity index is 928. The van der Waals surface area contributed by atoms with Crippen molar-refractivity contribution >= 4 is 5.91 Å². The van der Waals surface area contributed by atoms with Gasteiger partial charge in [-0.15, -0.1) is 0 Å². The second-order valence-electron chi connectivity index (χ2n) is 7.91. The average Bonchev–Trinajstić information content (AvgIpc) is 3.28. The summed E-state index contributed by atoms with van der Waals surface area (Å²) in [4.78, 5) is 14.8. The molecule has 0 unspecified atom stereocenters. The van der Waals surface area contributed by atoms with Gasteiger partial charge in [0.05, 0.1) is 12.6 Å². The lowest BCUT2D eigenvalue weighted by molar-refractivity contribution is 0.0792. The Labute approximate surface area is 177 Å². The number of rotatable bonds is 7. The molecule has 30 heavy (non-hydrogen) atoms. The molecule has 4 rings (SSSR count). The smallest absolute Gasteiger partial charge is 0.251 e. The van der Waals surface area contributed by atoms with Gasteiger partial charge in [0.1, 0.15) is 0 Å². The summed E-state index contributed by atoms with van der Waals surface area (Å²) in [6.07, 6.45) is 5.25. The molecule has 1 amide bonds. The second-order valence-corrected chi connectivity index (χ2v) is 7.91. The molecule has 0 radical (unpaired) electrons. The Morgan fingerprint density at radius 3 is 2.27 bits per heavy atom. The summed E-state index contributed by atoms with van der Waals surface area (Å²) in [5.74, 6) is -0.0726. The number of aromatic nitrogens is 2. The highest BCUT2D eigenvalue weighted by Gasteiger charge is 2.16. The van der Waals surface area contributed by atoms with Crippen LogP contribution in [0.25, 0.3) is 0 Å². The first-order chi connectivity index (χ1) is 14.7. The predicted octanol–water partition coefficient (Wildman–Crippen LogP) is 2.82. The molecule has 0 saturated carbocycles. The molecule has 0 spiro atoms. The molecule has 0 atom stereocenters. The minimum atomic E-state index is -0.139. The Morgan fingerprint density at radius 1 is 0.967 bits per heavy atom. The van der Waals surface area contributed by atoms with Crippen molar-refractivity contribution in [3.8, 4) is 0 Å². The molecule has 0 aliphatic carbocycles. The number of likely N-dealkylation sites (tertiary alicyclic amines) is 1. The van der Waals surface area contributed by atoms with Crippen LogP contribution < -0.4 is 5.32 Å². The van der Waals surface area contributed by atoms with Crippen molar-refractivity contribution in [2.24, 2.45) is 0 Å². The lowest BCUT2D eigenvalue weighted by Gasteiger charge is -2.29. The summed E-state index contributed by atoms with van der Waals surface area (Å²) in [7, 11) is 0. The standard InChI is InChI=1S/C24H28N4O2/c29-23-10-14-27(15-11-23)17-20-4-2-19(3-5-20)16-25-24(30)22-8-6-21(7-9-22)18-28-13-1-12-26-28/h1-9,12-13,23,29H,10-11,14-18H2,(H,25,30). The van der Waals surface area contributed by atoms with E-state index in [9.17, 15) is 9.90 Å². The summed E-state index contributed by atoms with van der Waals surface area (Å²) in [6.45, 7) is 3.99. The van der Waals surface area contributed by atoms with Crippen LogP contribution >= 0.6 is 0 Å². The van der Waals surface area contributed by atoms with E-state index in [1.807, 2.05) is 41.2 Å². The van der Waals surface area contributed by atoms with Crippen LogP contribution in [0.2, 0.25) is 0 Å². The van der Waals surface area contributed by atoms with Gasteiger partial charge in [-0.2, -0.15) is 5.10 Å². The molecular weight excluding hydrogens is 376 g/mol. The first kappa shape index (κ1) is 20.3.